The van der Waals surface area contributed by atoms with Crippen LogP contribution in [0.2, 0.25) is 0 Å². The van der Waals surface area contributed by atoms with Crippen LogP contribution in [-0.2, 0) is 17.7 Å². The Bertz CT molecular complexity index is 383. The van der Waals surface area contributed by atoms with E-state index in [9.17, 15) is 0 Å². The molecule has 1 heterocycles. The summed E-state index contributed by atoms with van der Waals surface area (Å²) in [6.07, 6.45) is 3.68. The molecule has 0 saturated carbocycles. The minimum absolute atomic E-state index is 0.0806. The maximum Gasteiger partial charge on any atom is 0.138 e. The second-order valence-corrected chi connectivity index (χ2v) is 6.29. The molecule has 0 radical (unpaired) electrons. The molecular weight excluding hydrogens is 252 g/mol. The number of ether oxygens (including phenoxy) is 1. The number of aryl methyl sites for hydroxylation is 1. The molecule has 0 aliphatic carbocycles. The van der Waals surface area contributed by atoms with E-state index < -0.39 is 0 Å². The first-order valence-electron chi connectivity index (χ1n) is 7.56. The van der Waals surface area contributed by atoms with Crippen LogP contribution in [-0.4, -0.2) is 40.6 Å². The smallest absolute Gasteiger partial charge is 0.138 e. The Kier molecular flexibility index (Phi) is 6.62. The zero-order chi connectivity index (χ0) is 15.2. The SMILES string of the molecule is CCCn1ncnc1CC(NCC)C(OC)C(C)(C)C. The minimum Gasteiger partial charge on any atom is -0.379 e. The molecule has 0 saturated heterocycles. The zero-order valence-corrected chi connectivity index (χ0v) is 13.8. The van der Waals surface area contributed by atoms with Crippen molar-refractivity contribution in [3.63, 3.8) is 0 Å². The number of methoxy groups -OCH3 is 1. The molecular formula is C15H30N4O. The van der Waals surface area contributed by atoms with E-state index in [0.29, 0.717) is 0 Å². The van der Waals surface area contributed by atoms with Crippen molar-refractivity contribution in [2.24, 2.45) is 5.41 Å². The van der Waals surface area contributed by atoms with Gasteiger partial charge >= 0.3 is 0 Å². The summed E-state index contributed by atoms with van der Waals surface area (Å²) in [4.78, 5) is 4.41. The molecule has 1 aromatic rings. The Hall–Kier alpha value is -0.940. The van der Waals surface area contributed by atoms with E-state index in [1.165, 1.54) is 0 Å². The number of rotatable bonds is 8. The standard InChI is InChI=1S/C15H30N4O/c1-7-9-19-13(17-11-18-19)10-12(16-8-2)14(20-6)15(3,4)5/h11-12,14,16H,7-10H2,1-6H3. The van der Waals surface area contributed by atoms with Crippen molar-refractivity contribution in [1.29, 1.82) is 0 Å². The molecule has 1 aromatic heterocycles. The van der Waals surface area contributed by atoms with E-state index in [1.807, 2.05) is 4.68 Å². The summed E-state index contributed by atoms with van der Waals surface area (Å²) < 4.78 is 7.76. The van der Waals surface area contributed by atoms with Crippen LogP contribution in [0.1, 0.15) is 46.9 Å². The number of nitrogens with one attached hydrogen (secondary N) is 1. The molecule has 2 atom stereocenters. The normalized spacial score (nSPS) is 15.3. The van der Waals surface area contributed by atoms with E-state index >= 15 is 0 Å². The second kappa shape index (κ2) is 7.74. The largest absolute Gasteiger partial charge is 0.379 e. The Morgan fingerprint density at radius 3 is 2.55 bits per heavy atom. The fraction of sp³-hybridized carbons (Fsp3) is 0.867. The summed E-state index contributed by atoms with van der Waals surface area (Å²) in [5.74, 6) is 1.03. The van der Waals surface area contributed by atoms with E-state index in [2.05, 4.69) is 50.0 Å². The monoisotopic (exact) mass is 282 g/mol. The van der Waals surface area contributed by atoms with Gasteiger partial charge in [-0.1, -0.05) is 34.6 Å². The van der Waals surface area contributed by atoms with E-state index in [-0.39, 0.29) is 17.6 Å². The summed E-state index contributed by atoms with van der Waals surface area (Å²) >= 11 is 0. The fourth-order valence-electron chi connectivity index (χ4n) is 2.71. The van der Waals surface area contributed by atoms with Gasteiger partial charge in [-0.2, -0.15) is 5.10 Å². The van der Waals surface area contributed by atoms with Crippen LogP contribution in [0.15, 0.2) is 6.33 Å². The molecule has 0 fully saturated rings. The first-order chi connectivity index (χ1) is 9.43. The van der Waals surface area contributed by atoms with Crippen molar-refractivity contribution in [2.45, 2.75) is 66.2 Å². The van der Waals surface area contributed by atoms with Crippen LogP contribution in [0.5, 0.6) is 0 Å². The molecule has 0 spiro atoms. The number of likely N-dealkylation sites (N-methyl/N-ethyl adjacent to an activating group) is 1. The van der Waals surface area contributed by atoms with Gasteiger partial charge in [-0.05, 0) is 18.4 Å². The lowest BCUT2D eigenvalue weighted by atomic mass is 9.83. The van der Waals surface area contributed by atoms with Crippen molar-refractivity contribution < 1.29 is 4.74 Å². The van der Waals surface area contributed by atoms with Crippen LogP contribution in [0.3, 0.4) is 0 Å². The van der Waals surface area contributed by atoms with Crippen LogP contribution in [0, 0.1) is 5.41 Å². The Balaban J connectivity index is 2.88. The van der Waals surface area contributed by atoms with Gasteiger partial charge in [-0.15, -0.1) is 0 Å². The second-order valence-electron chi connectivity index (χ2n) is 6.29. The third kappa shape index (κ3) is 4.56. The van der Waals surface area contributed by atoms with Crippen molar-refractivity contribution in [3.8, 4) is 0 Å². The highest BCUT2D eigenvalue weighted by Gasteiger charge is 2.32. The third-order valence-corrected chi connectivity index (χ3v) is 3.47. The van der Waals surface area contributed by atoms with Crippen LogP contribution < -0.4 is 5.32 Å². The van der Waals surface area contributed by atoms with Gasteiger partial charge in [0.2, 0.25) is 0 Å². The summed E-state index contributed by atoms with van der Waals surface area (Å²) in [6.45, 7) is 12.7. The van der Waals surface area contributed by atoms with Crippen molar-refractivity contribution >= 4 is 0 Å². The highest BCUT2D eigenvalue weighted by Crippen LogP contribution is 2.26. The Labute approximate surface area is 123 Å². The van der Waals surface area contributed by atoms with Crippen LogP contribution in [0.4, 0.5) is 0 Å². The Morgan fingerprint density at radius 2 is 2.05 bits per heavy atom. The summed E-state index contributed by atoms with van der Waals surface area (Å²) in [6, 6.07) is 0.241. The average Bonchev–Trinajstić information content (AvgIpc) is 2.76. The minimum atomic E-state index is 0.0806. The van der Waals surface area contributed by atoms with Crippen molar-refractivity contribution in [3.05, 3.63) is 12.2 Å². The lowest BCUT2D eigenvalue weighted by Crippen LogP contribution is -2.49. The van der Waals surface area contributed by atoms with Gasteiger partial charge in [0.25, 0.3) is 0 Å². The quantitative estimate of drug-likeness (QED) is 0.794. The zero-order valence-electron chi connectivity index (χ0n) is 13.8. The van der Waals surface area contributed by atoms with Gasteiger partial charge in [-0.25, -0.2) is 4.98 Å². The number of nitrogens with zero attached hydrogens (tertiary/aromatic N) is 3. The van der Waals surface area contributed by atoms with Gasteiger partial charge in [0.15, 0.2) is 0 Å². The maximum atomic E-state index is 5.76. The molecule has 1 N–H and O–H groups in total. The molecule has 0 aliphatic rings. The third-order valence-electron chi connectivity index (χ3n) is 3.47. The lowest BCUT2D eigenvalue weighted by Gasteiger charge is -2.36. The molecule has 0 bridgehead atoms. The van der Waals surface area contributed by atoms with Gasteiger partial charge < -0.3 is 10.1 Å². The lowest BCUT2D eigenvalue weighted by molar-refractivity contribution is -0.0113. The topological polar surface area (TPSA) is 52.0 Å². The van der Waals surface area contributed by atoms with Gasteiger partial charge in [0.05, 0.1) is 6.10 Å². The number of hydrogen-bond acceptors (Lipinski definition) is 4. The maximum absolute atomic E-state index is 5.76. The van der Waals surface area contributed by atoms with E-state index in [1.54, 1.807) is 13.4 Å². The molecule has 2 unspecified atom stereocenters. The molecule has 0 amide bonds. The average molecular weight is 282 g/mol. The molecule has 1 rings (SSSR count). The highest BCUT2D eigenvalue weighted by molar-refractivity contribution is 4.96. The first-order valence-corrected chi connectivity index (χ1v) is 7.56. The summed E-state index contributed by atoms with van der Waals surface area (Å²) in [5.41, 5.74) is 0.0806. The van der Waals surface area contributed by atoms with Gasteiger partial charge in [-0.3, -0.25) is 4.68 Å². The predicted octanol–water partition coefficient (Wildman–Crippen LogP) is 2.27. The molecule has 116 valence electrons. The van der Waals surface area contributed by atoms with Crippen molar-refractivity contribution in [2.75, 3.05) is 13.7 Å². The first kappa shape index (κ1) is 17.1. The van der Waals surface area contributed by atoms with Crippen LogP contribution >= 0.6 is 0 Å². The summed E-state index contributed by atoms with van der Waals surface area (Å²) in [7, 11) is 1.79. The van der Waals surface area contributed by atoms with Crippen LogP contribution in [0.25, 0.3) is 0 Å². The molecule has 20 heavy (non-hydrogen) atoms. The fourth-order valence-corrected chi connectivity index (χ4v) is 2.71. The summed E-state index contributed by atoms with van der Waals surface area (Å²) in [5, 5.41) is 7.85. The molecule has 5 nitrogen and oxygen atoms in total. The van der Waals surface area contributed by atoms with E-state index in [0.717, 1.165) is 31.8 Å². The molecule has 5 heteroatoms. The van der Waals surface area contributed by atoms with Crippen molar-refractivity contribution in [1.82, 2.24) is 20.1 Å². The molecule has 0 aliphatic heterocycles. The van der Waals surface area contributed by atoms with E-state index in [4.69, 9.17) is 4.74 Å². The van der Waals surface area contributed by atoms with Gasteiger partial charge in [0, 0.05) is 26.1 Å². The van der Waals surface area contributed by atoms with Gasteiger partial charge in [0.1, 0.15) is 12.2 Å². The highest BCUT2D eigenvalue weighted by atomic mass is 16.5. The Morgan fingerprint density at radius 1 is 1.35 bits per heavy atom. The predicted molar refractivity (Wildman–Crippen MR) is 81.7 cm³/mol. The molecule has 0 aromatic carbocycles. The number of aromatic nitrogens is 3. The number of hydrogen-bond donors (Lipinski definition) is 1.